The number of aliphatic carboxylic acids is 1. The molecular weight excluding hydrogens is 314 g/mol. The van der Waals surface area contributed by atoms with Crippen LogP contribution in [0.25, 0.3) is 0 Å². The Labute approximate surface area is 139 Å². The number of carbonyl (C=O) groups excluding carboxylic acids is 2. The van der Waals surface area contributed by atoms with Crippen LogP contribution in [0.1, 0.15) is 25.0 Å². The quantitative estimate of drug-likeness (QED) is 0.736. The highest BCUT2D eigenvalue weighted by Gasteiger charge is 2.49. The number of fused-ring (bicyclic) bond motifs is 1. The van der Waals surface area contributed by atoms with Crippen molar-refractivity contribution in [2.45, 2.75) is 31.8 Å². The van der Waals surface area contributed by atoms with Crippen molar-refractivity contribution < 1.29 is 23.9 Å². The van der Waals surface area contributed by atoms with Gasteiger partial charge in [-0.25, -0.2) is 9.59 Å². The largest absolute Gasteiger partial charge is 0.480 e. The topological polar surface area (TPSA) is 112 Å². The predicted octanol–water partition coefficient (Wildman–Crippen LogP) is 0.791. The summed E-state index contributed by atoms with van der Waals surface area (Å²) in [6.45, 7) is 0.474. The number of hydrogen-bond acceptors (Lipinski definition) is 4. The number of furan rings is 1. The van der Waals surface area contributed by atoms with E-state index < -0.39 is 18.0 Å². The molecule has 1 aliphatic carbocycles. The Morgan fingerprint density at radius 3 is 2.83 bits per heavy atom. The molecule has 3 amide bonds. The monoisotopic (exact) mass is 335 g/mol. The Balaban J connectivity index is 1.49. The Hall–Kier alpha value is -2.51. The molecule has 3 unspecified atom stereocenters. The molecule has 0 bridgehead atoms. The van der Waals surface area contributed by atoms with Gasteiger partial charge in [0, 0.05) is 6.54 Å². The van der Waals surface area contributed by atoms with Crippen molar-refractivity contribution >= 4 is 17.9 Å². The number of carboxylic acid groups (broad SMARTS) is 1. The standard InChI is InChI=1S/C16H21N3O5/c20-13(8-18-16(23)17-7-11-4-2-6-24-11)19-9-10-3-1-5-12(10)14(19)15(21)22/h2,4,6,10,12,14H,1,3,5,7-9H2,(H,21,22)(H2,17,18,23). The maximum Gasteiger partial charge on any atom is 0.326 e. The molecule has 1 aromatic rings. The summed E-state index contributed by atoms with van der Waals surface area (Å²) in [5.41, 5.74) is 0. The highest BCUT2D eigenvalue weighted by atomic mass is 16.4. The summed E-state index contributed by atoms with van der Waals surface area (Å²) < 4.78 is 5.09. The Bertz CT molecular complexity index is 615. The molecule has 1 saturated carbocycles. The third-order valence-electron chi connectivity index (χ3n) is 4.87. The van der Waals surface area contributed by atoms with E-state index in [1.165, 1.54) is 11.2 Å². The van der Waals surface area contributed by atoms with Gasteiger partial charge in [-0.3, -0.25) is 4.79 Å². The second kappa shape index (κ2) is 6.94. The van der Waals surface area contributed by atoms with Gasteiger partial charge in [0.15, 0.2) is 0 Å². The SMILES string of the molecule is O=C(NCC(=O)N1CC2CCCC2C1C(=O)O)NCc1ccco1. The maximum absolute atomic E-state index is 12.3. The van der Waals surface area contributed by atoms with Crippen molar-refractivity contribution in [1.82, 2.24) is 15.5 Å². The number of hydrogen-bond donors (Lipinski definition) is 3. The van der Waals surface area contributed by atoms with Crippen LogP contribution in [-0.4, -0.2) is 47.0 Å². The Morgan fingerprint density at radius 2 is 2.12 bits per heavy atom. The highest BCUT2D eigenvalue weighted by Crippen LogP contribution is 2.42. The average molecular weight is 335 g/mol. The van der Waals surface area contributed by atoms with Crippen LogP contribution in [-0.2, 0) is 16.1 Å². The lowest BCUT2D eigenvalue weighted by molar-refractivity contribution is -0.149. The van der Waals surface area contributed by atoms with Crippen LogP contribution in [0.5, 0.6) is 0 Å². The second-order valence-corrected chi connectivity index (χ2v) is 6.30. The fourth-order valence-electron chi connectivity index (χ4n) is 3.78. The predicted molar refractivity (Wildman–Crippen MR) is 82.9 cm³/mol. The van der Waals surface area contributed by atoms with E-state index in [0.29, 0.717) is 12.3 Å². The number of carbonyl (C=O) groups is 3. The van der Waals surface area contributed by atoms with Crippen molar-refractivity contribution in [3.05, 3.63) is 24.2 Å². The lowest BCUT2D eigenvalue weighted by Crippen LogP contribution is -2.48. The van der Waals surface area contributed by atoms with Crippen molar-refractivity contribution in [2.75, 3.05) is 13.1 Å². The Kier molecular flexibility index (Phi) is 4.73. The molecule has 24 heavy (non-hydrogen) atoms. The zero-order chi connectivity index (χ0) is 17.1. The van der Waals surface area contributed by atoms with Gasteiger partial charge in [0.2, 0.25) is 5.91 Å². The number of likely N-dealkylation sites (tertiary alicyclic amines) is 1. The molecule has 8 nitrogen and oxygen atoms in total. The summed E-state index contributed by atoms with van der Waals surface area (Å²) >= 11 is 0. The summed E-state index contributed by atoms with van der Waals surface area (Å²) in [7, 11) is 0. The molecule has 8 heteroatoms. The zero-order valence-electron chi connectivity index (χ0n) is 13.2. The van der Waals surface area contributed by atoms with Crippen LogP contribution in [0.2, 0.25) is 0 Å². The number of nitrogens with one attached hydrogen (secondary N) is 2. The number of amides is 3. The van der Waals surface area contributed by atoms with Gasteiger partial charge in [-0.15, -0.1) is 0 Å². The fraction of sp³-hybridized carbons (Fsp3) is 0.562. The van der Waals surface area contributed by atoms with E-state index in [-0.39, 0.29) is 30.8 Å². The number of nitrogens with zero attached hydrogens (tertiary/aromatic N) is 1. The second-order valence-electron chi connectivity index (χ2n) is 6.30. The highest BCUT2D eigenvalue weighted by molar-refractivity contribution is 5.88. The minimum absolute atomic E-state index is 0.0410. The van der Waals surface area contributed by atoms with Gasteiger partial charge in [0.1, 0.15) is 11.8 Å². The molecule has 0 radical (unpaired) electrons. The molecule has 0 aromatic carbocycles. The van der Waals surface area contributed by atoms with Gasteiger partial charge in [-0.2, -0.15) is 0 Å². The van der Waals surface area contributed by atoms with Crippen molar-refractivity contribution in [2.24, 2.45) is 11.8 Å². The summed E-state index contributed by atoms with van der Waals surface area (Å²) in [6, 6.07) is 2.18. The molecule has 2 aliphatic rings. The molecule has 2 fully saturated rings. The third kappa shape index (κ3) is 3.37. The molecule has 1 aliphatic heterocycles. The van der Waals surface area contributed by atoms with E-state index in [4.69, 9.17) is 4.42 Å². The van der Waals surface area contributed by atoms with Crippen molar-refractivity contribution in [3.8, 4) is 0 Å². The maximum atomic E-state index is 12.3. The Morgan fingerprint density at radius 1 is 1.29 bits per heavy atom. The molecule has 3 rings (SSSR count). The van der Waals surface area contributed by atoms with Gasteiger partial charge in [-0.1, -0.05) is 6.42 Å². The van der Waals surface area contributed by atoms with Crippen LogP contribution in [0, 0.1) is 11.8 Å². The lowest BCUT2D eigenvalue weighted by Gasteiger charge is -2.24. The van der Waals surface area contributed by atoms with Crippen molar-refractivity contribution in [1.29, 1.82) is 0 Å². The first-order chi connectivity index (χ1) is 11.6. The van der Waals surface area contributed by atoms with E-state index in [0.717, 1.165) is 19.3 Å². The van der Waals surface area contributed by atoms with Crippen LogP contribution in [0.4, 0.5) is 4.79 Å². The van der Waals surface area contributed by atoms with Gasteiger partial charge in [0.25, 0.3) is 0 Å². The fourth-order valence-corrected chi connectivity index (χ4v) is 3.78. The first-order valence-electron chi connectivity index (χ1n) is 8.12. The van der Waals surface area contributed by atoms with Crippen LogP contribution in [0.15, 0.2) is 22.8 Å². The molecule has 130 valence electrons. The number of rotatable bonds is 5. The van der Waals surface area contributed by atoms with E-state index in [2.05, 4.69) is 10.6 Å². The van der Waals surface area contributed by atoms with Gasteiger partial charge < -0.3 is 25.1 Å². The summed E-state index contributed by atoms with van der Waals surface area (Å²) in [4.78, 5) is 37.0. The minimum atomic E-state index is -0.958. The zero-order valence-corrected chi connectivity index (χ0v) is 13.2. The van der Waals surface area contributed by atoms with E-state index in [1.54, 1.807) is 12.1 Å². The normalized spacial score (nSPS) is 25.3. The van der Waals surface area contributed by atoms with E-state index in [9.17, 15) is 19.5 Å². The smallest absolute Gasteiger partial charge is 0.326 e. The number of urea groups is 1. The summed E-state index contributed by atoms with van der Waals surface area (Å²) in [5, 5.41) is 14.5. The van der Waals surface area contributed by atoms with Crippen LogP contribution >= 0.6 is 0 Å². The van der Waals surface area contributed by atoms with E-state index >= 15 is 0 Å². The van der Waals surface area contributed by atoms with Crippen LogP contribution < -0.4 is 10.6 Å². The first kappa shape index (κ1) is 16.4. The lowest BCUT2D eigenvalue weighted by atomic mass is 9.94. The van der Waals surface area contributed by atoms with Gasteiger partial charge >= 0.3 is 12.0 Å². The summed E-state index contributed by atoms with van der Waals surface area (Å²) in [5.74, 6) is -0.401. The molecule has 3 atom stereocenters. The minimum Gasteiger partial charge on any atom is -0.480 e. The first-order valence-corrected chi connectivity index (χ1v) is 8.12. The average Bonchev–Trinajstić information content (AvgIpc) is 3.25. The van der Waals surface area contributed by atoms with Crippen LogP contribution in [0.3, 0.4) is 0 Å². The molecule has 1 aromatic heterocycles. The molecule has 3 N–H and O–H groups in total. The van der Waals surface area contributed by atoms with Crippen molar-refractivity contribution in [3.63, 3.8) is 0 Å². The molecule has 1 saturated heterocycles. The van der Waals surface area contributed by atoms with Gasteiger partial charge in [-0.05, 0) is 36.8 Å². The third-order valence-corrected chi connectivity index (χ3v) is 4.87. The van der Waals surface area contributed by atoms with Gasteiger partial charge in [0.05, 0.1) is 19.4 Å². The summed E-state index contributed by atoms with van der Waals surface area (Å²) in [6.07, 6.45) is 4.35. The molecule has 0 spiro atoms. The number of carboxylic acids is 1. The van der Waals surface area contributed by atoms with E-state index in [1.807, 2.05) is 0 Å². The molecular formula is C16H21N3O5. The molecule has 2 heterocycles.